The van der Waals surface area contributed by atoms with Crippen molar-refractivity contribution in [2.75, 3.05) is 17.6 Å². The van der Waals surface area contributed by atoms with Gasteiger partial charge in [0, 0.05) is 27.5 Å². The van der Waals surface area contributed by atoms with E-state index in [1.807, 2.05) is 48.2 Å². The molecule has 24 heavy (non-hydrogen) atoms. The summed E-state index contributed by atoms with van der Waals surface area (Å²) in [5, 5.41) is 8.41. The van der Waals surface area contributed by atoms with Crippen LogP contribution in [0.4, 0.5) is 5.69 Å². The van der Waals surface area contributed by atoms with Crippen molar-refractivity contribution in [2.45, 2.75) is 12.2 Å². The zero-order valence-electron chi connectivity index (χ0n) is 12.8. The molecule has 0 amide bonds. The third-order valence-corrected chi connectivity index (χ3v) is 6.08. The van der Waals surface area contributed by atoms with Crippen LogP contribution in [0, 0.1) is 0 Å². The molecular weight excluding hydrogens is 447 g/mol. The lowest BCUT2D eigenvalue weighted by molar-refractivity contribution is 0.854. The number of hydrogen-bond donors (Lipinski definition) is 2. The van der Waals surface area contributed by atoms with Crippen LogP contribution in [0.25, 0.3) is 0 Å². The van der Waals surface area contributed by atoms with E-state index in [9.17, 15) is 0 Å². The maximum Gasteiger partial charge on any atom is 0.170 e. The van der Waals surface area contributed by atoms with E-state index in [1.165, 1.54) is 5.56 Å². The van der Waals surface area contributed by atoms with E-state index in [4.69, 9.17) is 35.4 Å². The Balaban J connectivity index is 1.61. The number of anilines is 1. The van der Waals surface area contributed by atoms with Crippen LogP contribution in [-0.4, -0.2) is 17.4 Å². The first-order valence-electron chi connectivity index (χ1n) is 7.37. The summed E-state index contributed by atoms with van der Waals surface area (Å²) in [5.41, 5.74) is 2.05. The molecule has 7 heteroatoms. The fraction of sp³-hybridized carbons (Fsp3) is 0.235. The van der Waals surface area contributed by atoms with Crippen molar-refractivity contribution in [2.24, 2.45) is 0 Å². The predicted molar refractivity (Wildman–Crippen MR) is 116 cm³/mol. The molecule has 0 spiro atoms. The Morgan fingerprint density at radius 1 is 1.12 bits per heavy atom. The molecule has 0 aliphatic rings. The molecule has 128 valence electrons. The van der Waals surface area contributed by atoms with Crippen LogP contribution in [0.2, 0.25) is 10.0 Å². The number of thioether (sulfide) groups is 1. The first-order valence-corrected chi connectivity index (χ1v) is 10.5. The normalized spacial score (nSPS) is 10.5. The van der Waals surface area contributed by atoms with Gasteiger partial charge in [-0.1, -0.05) is 41.4 Å². The van der Waals surface area contributed by atoms with Gasteiger partial charge in [0.2, 0.25) is 0 Å². The molecule has 0 radical (unpaired) electrons. The van der Waals surface area contributed by atoms with E-state index >= 15 is 0 Å². The topological polar surface area (TPSA) is 24.1 Å². The molecule has 2 nitrogen and oxygen atoms in total. The van der Waals surface area contributed by atoms with Gasteiger partial charge < -0.3 is 10.6 Å². The van der Waals surface area contributed by atoms with Crippen LogP contribution in [0.5, 0.6) is 0 Å². The summed E-state index contributed by atoms with van der Waals surface area (Å²) in [6, 6.07) is 13.6. The van der Waals surface area contributed by atoms with Crippen molar-refractivity contribution >= 4 is 73.9 Å². The van der Waals surface area contributed by atoms with Crippen LogP contribution in [0.3, 0.4) is 0 Å². The Morgan fingerprint density at radius 2 is 1.92 bits per heavy atom. The van der Waals surface area contributed by atoms with E-state index in [1.54, 1.807) is 0 Å². The zero-order valence-corrected chi connectivity index (χ0v) is 17.6. The highest BCUT2D eigenvalue weighted by molar-refractivity contribution is 9.10. The highest BCUT2D eigenvalue weighted by atomic mass is 79.9. The fourth-order valence-corrected chi connectivity index (χ4v) is 3.82. The Labute approximate surface area is 170 Å². The predicted octanol–water partition coefficient (Wildman–Crippen LogP) is 6.37. The Hall–Kier alpha value is -0.460. The minimum absolute atomic E-state index is 0.601. The van der Waals surface area contributed by atoms with Crippen LogP contribution in [0.15, 0.2) is 46.9 Å². The molecule has 0 heterocycles. The van der Waals surface area contributed by atoms with Crippen molar-refractivity contribution in [3.05, 3.63) is 62.5 Å². The molecule has 0 aromatic heterocycles. The second-order valence-corrected chi connectivity index (χ2v) is 8.19. The molecular formula is C17H17BrCl2N2S2. The molecule has 0 aliphatic heterocycles. The summed E-state index contributed by atoms with van der Waals surface area (Å²) in [6.45, 7) is 0.825. The summed E-state index contributed by atoms with van der Waals surface area (Å²) < 4.78 is 0.865. The lowest BCUT2D eigenvalue weighted by Crippen LogP contribution is -2.29. The molecule has 2 aromatic carbocycles. The van der Waals surface area contributed by atoms with E-state index < -0.39 is 0 Å². The monoisotopic (exact) mass is 462 g/mol. The average molecular weight is 464 g/mol. The Bertz CT molecular complexity index is 698. The van der Waals surface area contributed by atoms with Gasteiger partial charge >= 0.3 is 0 Å². The van der Waals surface area contributed by atoms with Crippen LogP contribution in [-0.2, 0) is 5.75 Å². The van der Waals surface area contributed by atoms with E-state index in [-0.39, 0.29) is 0 Å². The van der Waals surface area contributed by atoms with Crippen molar-refractivity contribution in [1.82, 2.24) is 5.32 Å². The average Bonchev–Trinajstić information content (AvgIpc) is 2.56. The van der Waals surface area contributed by atoms with E-state index in [0.29, 0.717) is 10.1 Å². The third kappa shape index (κ3) is 6.81. The van der Waals surface area contributed by atoms with Crippen molar-refractivity contribution in [3.8, 4) is 0 Å². The highest BCUT2D eigenvalue weighted by Crippen LogP contribution is 2.25. The minimum atomic E-state index is 0.601. The largest absolute Gasteiger partial charge is 0.362 e. The van der Waals surface area contributed by atoms with Gasteiger partial charge in [0.15, 0.2) is 5.11 Å². The smallest absolute Gasteiger partial charge is 0.170 e. The van der Waals surface area contributed by atoms with Gasteiger partial charge in [-0.05, 0) is 70.2 Å². The van der Waals surface area contributed by atoms with E-state index in [0.717, 1.165) is 39.7 Å². The highest BCUT2D eigenvalue weighted by Gasteiger charge is 2.02. The van der Waals surface area contributed by atoms with Crippen molar-refractivity contribution in [3.63, 3.8) is 0 Å². The van der Waals surface area contributed by atoms with Crippen LogP contribution >= 0.6 is 63.1 Å². The molecule has 0 fully saturated rings. The van der Waals surface area contributed by atoms with Crippen LogP contribution < -0.4 is 10.6 Å². The van der Waals surface area contributed by atoms with Gasteiger partial charge in [0.1, 0.15) is 0 Å². The lowest BCUT2D eigenvalue weighted by atomic mass is 10.2. The van der Waals surface area contributed by atoms with Crippen LogP contribution in [0.1, 0.15) is 12.0 Å². The number of thiocarbonyl (C=S) groups is 1. The SMILES string of the molecule is S=C(NCCCSCc1ccccc1Cl)Nc1ccc(Br)c(Cl)c1. The second kappa shape index (κ2) is 10.5. The fourth-order valence-electron chi connectivity index (χ4n) is 1.92. The molecule has 0 saturated heterocycles. The zero-order chi connectivity index (χ0) is 17.4. The first-order chi connectivity index (χ1) is 11.6. The lowest BCUT2D eigenvalue weighted by Gasteiger charge is -2.11. The maximum atomic E-state index is 6.14. The molecule has 0 bridgehead atoms. The Morgan fingerprint density at radius 3 is 2.67 bits per heavy atom. The number of rotatable bonds is 7. The van der Waals surface area contributed by atoms with Gasteiger partial charge in [0.25, 0.3) is 0 Å². The number of hydrogen-bond acceptors (Lipinski definition) is 2. The molecule has 2 aromatic rings. The summed E-state index contributed by atoms with van der Waals surface area (Å²) in [5.74, 6) is 1.98. The van der Waals surface area contributed by atoms with Crippen molar-refractivity contribution in [1.29, 1.82) is 0 Å². The number of benzene rings is 2. The minimum Gasteiger partial charge on any atom is -0.362 e. The van der Waals surface area contributed by atoms with Gasteiger partial charge in [-0.3, -0.25) is 0 Å². The van der Waals surface area contributed by atoms with Gasteiger partial charge in [-0.15, -0.1) is 0 Å². The molecule has 0 unspecified atom stereocenters. The molecule has 0 saturated carbocycles. The molecule has 2 rings (SSSR count). The molecule has 0 atom stereocenters. The number of nitrogens with one attached hydrogen (secondary N) is 2. The van der Waals surface area contributed by atoms with E-state index in [2.05, 4.69) is 32.6 Å². The second-order valence-electron chi connectivity index (χ2n) is 5.01. The third-order valence-electron chi connectivity index (χ3n) is 3.14. The van der Waals surface area contributed by atoms with Gasteiger partial charge in [0.05, 0.1) is 5.02 Å². The number of halogens is 3. The Kier molecular flexibility index (Phi) is 8.70. The first kappa shape index (κ1) is 19.9. The molecule has 0 aliphatic carbocycles. The summed E-state index contributed by atoms with van der Waals surface area (Å²) in [6.07, 6.45) is 1.03. The maximum absolute atomic E-state index is 6.14. The van der Waals surface area contributed by atoms with Crippen molar-refractivity contribution < 1.29 is 0 Å². The summed E-state index contributed by atoms with van der Waals surface area (Å²) in [7, 11) is 0. The standard InChI is InChI=1S/C17H17BrCl2N2S2/c18-14-7-6-13(10-16(14)20)22-17(23)21-8-3-9-24-11-12-4-1-2-5-15(12)19/h1-2,4-7,10H,3,8-9,11H2,(H2,21,22,23). The van der Waals surface area contributed by atoms with Gasteiger partial charge in [-0.2, -0.15) is 11.8 Å². The molecule has 2 N–H and O–H groups in total. The van der Waals surface area contributed by atoms with Gasteiger partial charge in [-0.25, -0.2) is 0 Å². The summed E-state index contributed by atoms with van der Waals surface area (Å²) >= 11 is 22.7. The summed E-state index contributed by atoms with van der Waals surface area (Å²) in [4.78, 5) is 0. The quantitative estimate of drug-likeness (QED) is 0.368.